The van der Waals surface area contributed by atoms with E-state index in [1.54, 1.807) is 24.5 Å². The zero-order chi connectivity index (χ0) is 25.2. The fraction of sp³-hybridized carbons (Fsp3) is 0.375. The van der Waals surface area contributed by atoms with Gasteiger partial charge in [0.05, 0.1) is 5.41 Å². The Morgan fingerprint density at radius 3 is 2.61 bits per heavy atom. The van der Waals surface area contributed by atoms with Crippen LogP contribution in [0.2, 0.25) is 0 Å². The lowest BCUT2D eigenvalue weighted by atomic mass is 9.72. The van der Waals surface area contributed by atoms with E-state index in [2.05, 4.69) is 35.2 Å². The predicted molar refractivity (Wildman–Crippen MR) is 126 cm³/mol. The minimum Gasteiger partial charge on any atom is -0.406 e. The maximum absolute atomic E-state index is 12.6. The van der Waals surface area contributed by atoms with Crippen LogP contribution in [-0.2, 0) is 4.79 Å². The summed E-state index contributed by atoms with van der Waals surface area (Å²) in [7, 11) is 0. The molecule has 0 aromatic carbocycles. The van der Waals surface area contributed by atoms with Gasteiger partial charge in [-0.15, -0.1) is 13.2 Å². The van der Waals surface area contributed by atoms with Gasteiger partial charge in [0.2, 0.25) is 5.91 Å². The minimum absolute atomic E-state index is 0.126. The molecule has 2 N–H and O–H groups in total. The second-order valence-electron chi connectivity index (χ2n) is 8.85. The number of pyridine rings is 2. The number of halogens is 3. The molecule has 12 heteroatoms. The highest BCUT2D eigenvalue weighted by Crippen LogP contribution is 2.39. The summed E-state index contributed by atoms with van der Waals surface area (Å²) in [5.41, 5.74) is 0.349. The van der Waals surface area contributed by atoms with Crippen molar-refractivity contribution in [1.29, 1.82) is 0 Å². The molecular formula is C24H24F3N7O2. The Kier molecular flexibility index (Phi) is 6.33. The maximum atomic E-state index is 12.6. The maximum Gasteiger partial charge on any atom is 0.573 e. The summed E-state index contributed by atoms with van der Waals surface area (Å²) >= 11 is 0. The normalized spacial score (nSPS) is 17.5. The van der Waals surface area contributed by atoms with E-state index in [1.165, 1.54) is 6.20 Å². The Bertz CT molecular complexity index is 1230. The van der Waals surface area contributed by atoms with E-state index in [0.717, 1.165) is 31.5 Å². The van der Waals surface area contributed by atoms with Crippen molar-refractivity contribution in [3.63, 3.8) is 0 Å². The van der Waals surface area contributed by atoms with Crippen LogP contribution in [0.1, 0.15) is 25.7 Å². The lowest BCUT2D eigenvalue weighted by Crippen LogP contribution is -2.52. The van der Waals surface area contributed by atoms with E-state index < -0.39 is 12.1 Å². The molecule has 188 valence electrons. The van der Waals surface area contributed by atoms with E-state index in [4.69, 9.17) is 4.98 Å². The quantitative estimate of drug-likeness (QED) is 0.541. The Balaban J connectivity index is 1.42. The van der Waals surface area contributed by atoms with Gasteiger partial charge in [0.15, 0.2) is 5.82 Å². The van der Waals surface area contributed by atoms with Gasteiger partial charge < -0.3 is 20.3 Å². The van der Waals surface area contributed by atoms with Crippen molar-refractivity contribution in [3.05, 3.63) is 48.9 Å². The number of amides is 1. The number of carbonyl (C=O) groups excluding carboxylic acids is 1. The van der Waals surface area contributed by atoms with Crippen molar-refractivity contribution in [2.45, 2.75) is 32.0 Å². The number of anilines is 3. The molecule has 2 saturated heterocycles. The monoisotopic (exact) mass is 499 g/mol. The van der Waals surface area contributed by atoms with E-state index >= 15 is 0 Å². The summed E-state index contributed by atoms with van der Waals surface area (Å²) in [6, 6.07) is 7.58. The van der Waals surface area contributed by atoms with Crippen LogP contribution < -0.4 is 20.3 Å². The molecule has 2 aliphatic heterocycles. The highest BCUT2D eigenvalue weighted by Gasteiger charge is 2.42. The number of nitrogens with one attached hydrogen (secondary N) is 2. The number of aromatic nitrogens is 4. The summed E-state index contributed by atoms with van der Waals surface area (Å²) in [6.45, 7) is 2.01. The van der Waals surface area contributed by atoms with Gasteiger partial charge >= 0.3 is 6.36 Å². The zero-order valence-corrected chi connectivity index (χ0v) is 19.3. The third kappa shape index (κ3) is 5.31. The SMILES string of the molecule is O=C1NCCCC12CCN(c1cc(Nc3cc(OC(F)(F)F)ccn3)nc(-c3cccnc3)n1)CC2. The molecule has 1 amide bonds. The van der Waals surface area contributed by atoms with Crippen molar-refractivity contribution in [3.8, 4) is 17.1 Å². The van der Waals surface area contributed by atoms with Gasteiger partial charge in [-0.3, -0.25) is 9.78 Å². The van der Waals surface area contributed by atoms with Crippen molar-refractivity contribution >= 4 is 23.4 Å². The van der Waals surface area contributed by atoms with Crippen LogP contribution in [0.25, 0.3) is 11.4 Å². The van der Waals surface area contributed by atoms with Crippen molar-refractivity contribution in [1.82, 2.24) is 25.3 Å². The molecular weight excluding hydrogens is 475 g/mol. The number of nitrogens with zero attached hydrogens (tertiary/aromatic N) is 5. The average Bonchev–Trinajstić information content (AvgIpc) is 2.86. The fourth-order valence-electron chi connectivity index (χ4n) is 4.66. The number of ether oxygens (including phenoxy) is 1. The third-order valence-corrected chi connectivity index (χ3v) is 6.50. The number of alkyl halides is 3. The van der Waals surface area contributed by atoms with Crippen LogP contribution in [0.3, 0.4) is 0 Å². The summed E-state index contributed by atoms with van der Waals surface area (Å²) in [5.74, 6) is 1.26. The molecule has 0 radical (unpaired) electrons. The molecule has 0 bridgehead atoms. The standard InChI is InChI=1S/C24H24F3N7O2/c25-24(26,27)36-17-4-10-29-18(13-17)31-19-14-20(33-21(32-19)16-3-1-8-28-15-16)34-11-6-23(7-12-34)5-2-9-30-22(23)35/h1,3-4,8,10,13-15H,2,5-7,9,11-12H2,(H,30,35)(H,29,31,32,33). The van der Waals surface area contributed by atoms with Crippen LogP contribution in [0.4, 0.5) is 30.6 Å². The van der Waals surface area contributed by atoms with Gasteiger partial charge in [0.25, 0.3) is 0 Å². The van der Waals surface area contributed by atoms with Crippen molar-refractivity contribution < 1.29 is 22.7 Å². The van der Waals surface area contributed by atoms with Crippen LogP contribution in [0.15, 0.2) is 48.9 Å². The summed E-state index contributed by atoms with van der Waals surface area (Å²) in [5, 5.41) is 5.96. The predicted octanol–water partition coefficient (Wildman–Crippen LogP) is 4.07. The summed E-state index contributed by atoms with van der Waals surface area (Å²) in [6.07, 6.45) is 2.97. The van der Waals surface area contributed by atoms with Gasteiger partial charge in [-0.1, -0.05) is 0 Å². The molecule has 0 aliphatic carbocycles. The molecule has 5 heterocycles. The van der Waals surface area contributed by atoms with Crippen LogP contribution in [-0.4, -0.2) is 51.8 Å². The largest absolute Gasteiger partial charge is 0.573 e. The molecule has 9 nitrogen and oxygen atoms in total. The second-order valence-corrected chi connectivity index (χ2v) is 8.85. The Labute approximate surface area is 205 Å². The summed E-state index contributed by atoms with van der Waals surface area (Å²) in [4.78, 5) is 32.1. The third-order valence-electron chi connectivity index (χ3n) is 6.50. The fourth-order valence-corrected chi connectivity index (χ4v) is 4.66. The first-order valence-corrected chi connectivity index (χ1v) is 11.6. The van der Waals surface area contributed by atoms with E-state index in [-0.39, 0.29) is 17.1 Å². The summed E-state index contributed by atoms with van der Waals surface area (Å²) < 4.78 is 41.9. The highest BCUT2D eigenvalue weighted by molar-refractivity contribution is 5.83. The zero-order valence-electron chi connectivity index (χ0n) is 19.3. The molecule has 0 saturated carbocycles. The second kappa shape index (κ2) is 9.59. The molecule has 2 aliphatic rings. The van der Waals surface area contributed by atoms with E-state index in [9.17, 15) is 18.0 Å². The molecule has 2 fully saturated rings. The highest BCUT2D eigenvalue weighted by atomic mass is 19.4. The molecule has 1 spiro atoms. The number of hydrogen-bond donors (Lipinski definition) is 2. The number of hydrogen-bond acceptors (Lipinski definition) is 8. The van der Waals surface area contributed by atoms with Gasteiger partial charge in [-0.25, -0.2) is 15.0 Å². The lowest BCUT2D eigenvalue weighted by Gasteiger charge is -2.43. The first-order chi connectivity index (χ1) is 17.3. The average molecular weight is 499 g/mol. The molecule has 5 rings (SSSR count). The van der Waals surface area contributed by atoms with E-state index in [1.807, 2.05) is 6.07 Å². The van der Waals surface area contributed by atoms with Crippen LogP contribution in [0.5, 0.6) is 5.75 Å². The smallest absolute Gasteiger partial charge is 0.406 e. The molecule has 0 unspecified atom stereocenters. The number of carbonyl (C=O) groups is 1. The molecule has 36 heavy (non-hydrogen) atoms. The van der Waals surface area contributed by atoms with Gasteiger partial charge in [0.1, 0.15) is 23.2 Å². The molecule has 3 aromatic rings. The molecule has 3 aromatic heterocycles. The van der Waals surface area contributed by atoms with Crippen LogP contribution in [0, 0.1) is 5.41 Å². The Hall–Kier alpha value is -3.96. The first-order valence-electron chi connectivity index (χ1n) is 11.6. The van der Waals surface area contributed by atoms with Gasteiger partial charge in [-0.2, -0.15) is 0 Å². The van der Waals surface area contributed by atoms with E-state index in [0.29, 0.717) is 49.0 Å². The first kappa shape index (κ1) is 23.8. The van der Waals surface area contributed by atoms with Gasteiger partial charge in [-0.05, 0) is 43.9 Å². The minimum atomic E-state index is -4.81. The van der Waals surface area contributed by atoms with Crippen molar-refractivity contribution in [2.75, 3.05) is 29.9 Å². The van der Waals surface area contributed by atoms with Crippen LogP contribution >= 0.6 is 0 Å². The Morgan fingerprint density at radius 1 is 1.06 bits per heavy atom. The lowest BCUT2D eigenvalue weighted by molar-refractivity contribution is -0.274. The number of rotatable bonds is 5. The topological polar surface area (TPSA) is 105 Å². The number of piperidine rings is 2. The molecule has 0 atom stereocenters. The Morgan fingerprint density at radius 2 is 1.89 bits per heavy atom. The van der Waals surface area contributed by atoms with Gasteiger partial charge in [0, 0.05) is 55.9 Å². The van der Waals surface area contributed by atoms with Crippen molar-refractivity contribution in [2.24, 2.45) is 5.41 Å².